The molecule has 0 radical (unpaired) electrons. The third-order valence-corrected chi connectivity index (χ3v) is 6.30. The van der Waals surface area contributed by atoms with E-state index in [2.05, 4.69) is 16.3 Å². The van der Waals surface area contributed by atoms with E-state index in [0.29, 0.717) is 10.6 Å². The number of hydrogen-bond acceptors (Lipinski definition) is 3. The average molecular weight is 445 g/mol. The van der Waals surface area contributed by atoms with Crippen LogP contribution >= 0.6 is 11.6 Å². The maximum atomic E-state index is 13.1. The van der Waals surface area contributed by atoms with Crippen molar-refractivity contribution in [2.45, 2.75) is 25.3 Å². The van der Waals surface area contributed by atoms with Gasteiger partial charge in [-0.05, 0) is 67.9 Å². The van der Waals surface area contributed by atoms with Crippen LogP contribution in [-0.2, 0) is 0 Å². The number of hydrogen-bond donors (Lipinski definition) is 1. The van der Waals surface area contributed by atoms with Crippen molar-refractivity contribution in [3.8, 4) is 0 Å². The smallest absolute Gasteiger partial charge is 0.255 e. The highest BCUT2D eigenvalue weighted by Gasteiger charge is 2.31. The molecule has 162 valence electrons. The van der Waals surface area contributed by atoms with Gasteiger partial charge in [0.05, 0.1) is 11.7 Å². The number of benzene rings is 3. The van der Waals surface area contributed by atoms with Crippen LogP contribution in [-0.4, -0.2) is 23.9 Å². The van der Waals surface area contributed by atoms with E-state index in [9.17, 15) is 4.79 Å². The molecule has 1 N–H and O–H groups in total. The molecule has 0 saturated carbocycles. The fraction of sp³-hybridized carbons (Fsp3) is 0.222. The third kappa shape index (κ3) is 4.16. The van der Waals surface area contributed by atoms with Gasteiger partial charge in [0.25, 0.3) is 5.91 Å². The summed E-state index contributed by atoms with van der Waals surface area (Å²) in [6.07, 6.45) is 3.52. The van der Waals surface area contributed by atoms with Crippen molar-refractivity contribution in [3.05, 3.63) is 101 Å². The summed E-state index contributed by atoms with van der Waals surface area (Å²) >= 11 is 6.38. The Morgan fingerprint density at radius 3 is 2.44 bits per heavy atom. The molecule has 1 atom stereocenters. The zero-order valence-electron chi connectivity index (χ0n) is 17.8. The van der Waals surface area contributed by atoms with Gasteiger partial charge in [0.1, 0.15) is 11.3 Å². The molecule has 0 bridgehead atoms. The summed E-state index contributed by atoms with van der Waals surface area (Å²) in [7, 11) is 0. The van der Waals surface area contributed by atoms with Crippen molar-refractivity contribution < 1.29 is 9.21 Å². The van der Waals surface area contributed by atoms with E-state index in [0.717, 1.165) is 53.9 Å². The van der Waals surface area contributed by atoms with Gasteiger partial charge in [-0.25, -0.2) is 0 Å². The van der Waals surface area contributed by atoms with Gasteiger partial charge in [0, 0.05) is 16.0 Å². The first-order valence-corrected chi connectivity index (χ1v) is 11.5. The molecule has 1 fully saturated rings. The average Bonchev–Trinajstić information content (AvgIpc) is 3.18. The van der Waals surface area contributed by atoms with E-state index in [-0.39, 0.29) is 11.9 Å². The second kappa shape index (κ2) is 9.19. The van der Waals surface area contributed by atoms with Crippen LogP contribution < -0.4 is 5.32 Å². The number of para-hydroxylation sites is 1. The number of rotatable bonds is 5. The molecule has 1 aromatic heterocycles. The van der Waals surface area contributed by atoms with E-state index in [1.54, 1.807) is 0 Å². The van der Waals surface area contributed by atoms with E-state index in [1.165, 1.54) is 6.42 Å². The topological polar surface area (TPSA) is 45.5 Å². The van der Waals surface area contributed by atoms with E-state index in [1.807, 2.05) is 72.8 Å². The number of nitrogens with zero attached hydrogens (tertiary/aromatic N) is 1. The van der Waals surface area contributed by atoms with E-state index in [4.69, 9.17) is 16.0 Å². The summed E-state index contributed by atoms with van der Waals surface area (Å²) in [5.74, 6) is 0.599. The first-order valence-electron chi connectivity index (χ1n) is 11.1. The van der Waals surface area contributed by atoms with Crippen molar-refractivity contribution in [1.82, 2.24) is 4.90 Å². The highest BCUT2D eigenvalue weighted by molar-refractivity contribution is 6.30. The monoisotopic (exact) mass is 444 g/mol. The zero-order valence-corrected chi connectivity index (χ0v) is 18.5. The Kier molecular flexibility index (Phi) is 5.97. The van der Waals surface area contributed by atoms with Crippen LogP contribution in [0.1, 0.15) is 47.0 Å². The fourth-order valence-corrected chi connectivity index (χ4v) is 4.74. The van der Waals surface area contributed by atoms with Gasteiger partial charge in [-0.1, -0.05) is 60.5 Å². The van der Waals surface area contributed by atoms with Crippen LogP contribution in [0.5, 0.6) is 0 Å². The minimum absolute atomic E-state index is 0.132. The molecule has 1 amide bonds. The van der Waals surface area contributed by atoms with Crippen molar-refractivity contribution >= 4 is 34.2 Å². The Bertz CT molecular complexity index is 1230. The van der Waals surface area contributed by atoms with Crippen LogP contribution in [0.2, 0.25) is 5.02 Å². The Hall–Kier alpha value is -3.08. The summed E-state index contributed by atoms with van der Waals surface area (Å²) in [5.41, 5.74) is 3.16. The molecule has 4 nitrogen and oxygen atoms in total. The maximum Gasteiger partial charge on any atom is 0.255 e. The molecule has 4 aromatic rings. The predicted molar refractivity (Wildman–Crippen MR) is 129 cm³/mol. The number of halogens is 1. The molecule has 1 unspecified atom stereocenters. The van der Waals surface area contributed by atoms with Gasteiger partial charge < -0.3 is 9.73 Å². The molecule has 1 saturated heterocycles. The van der Waals surface area contributed by atoms with Gasteiger partial charge >= 0.3 is 0 Å². The molecule has 0 spiro atoms. The van der Waals surface area contributed by atoms with Crippen molar-refractivity contribution in [1.29, 1.82) is 0 Å². The predicted octanol–water partition coefficient (Wildman–Crippen LogP) is 6.91. The molecule has 2 heterocycles. The molecule has 32 heavy (non-hydrogen) atoms. The summed E-state index contributed by atoms with van der Waals surface area (Å²) in [6.45, 7) is 1.95. The Labute approximate surface area is 192 Å². The maximum absolute atomic E-state index is 13.1. The van der Waals surface area contributed by atoms with Crippen LogP contribution in [0.3, 0.4) is 0 Å². The Morgan fingerprint density at radius 1 is 0.906 bits per heavy atom. The summed E-state index contributed by atoms with van der Waals surface area (Å²) in [5, 5.41) is 4.75. The lowest BCUT2D eigenvalue weighted by atomic mass is 9.98. The molecule has 5 heteroatoms. The minimum atomic E-state index is -0.151. The molecule has 1 aliphatic rings. The van der Waals surface area contributed by atoms with Crippen LogP contribution in [0.25, 0.3) is 11.0 Å². The van der Waals surface area contributed by atoms with Crippen LogP contribution in [0, 0.1) is 0 Å². The third-order valence-electron chi connectivity index (χ3n) is 6.07. The molecular weight excluding hydrogens is 420 g/mol. The van der Waals surface area contributed by atoms with Gasteiger partial charge in [0.2, 0.25) is 0 Å². The van der Waals surface area contributed by atoms with Crippen molar-refractivity contribution in [2.24, 2.45) is 0 Å². The SMILES string of the molecule is O=C(Nc1c(C(c2cccc(Cl)c2)N2CCCCC2)oc2ccccc12)c1ccccc1. The van der Waals surface area contributed by atoms with Crippen LogP contribution in [0.15, 0.2) is 83.3 Å². The number of piperidine rings is 1. The lowest BCUT2D eigenvalue weighted by Crippen LogP contribution is -2.34. The largest absolute Gasteiger partial charge is 0.457 e. The Balaban J connectivity index is 1.64. The standard InChI is InChI=1S/C27H25ClN2O2/c28-21-13-9-12-20(18-21)25(30-16-7-2-8-17-30)26-24(22-14-5-6-15-23(22)32-26)29-27(31)19-10-3-1-4-11-19/h1,3-6,9-15,18,25H,2,7-8,16-17H2,(H,29,31). The molecule has 5 rings (SSSR count). The second-order valence-corrected chi connectivity index (χ2v) is 8.65. The molecule has 0 aliphatic carbocycles. The lowest BCUT2D eigenvalue weighted by molar-refractivity contribution is 0.102. The lowest BCUT2D eigenvalue weighted by Gasteiger charge is -2.34. The van der Waals surface area contributed by atoms with Gasteiger partial charge in [-0.15, -0.1) is 0 Å². The fourth-order valence-electron chi connectivity index (χ4n) is 4.54. The highest BCUT2D eigenvalue weighted by atomic mass is 35.5. The number of carbonyl (C=O) groups is 1. The van der Waals surface area contributed by atoms with Crippen LogP contribution in [0.4, 0.5) is 5.69 Å². The van der Waals surface area contributed by atoms with Crippen molar-refractivity contribution in [2.75, 3.05) is 18.4 Å². The molecule has 3 aromatic carbocycles. The summed E-state index contributed by atoms with van der Waals surface area (Å²) < 4.78 is 6.45. The summed E-state index contributed by atoms with van der Waals surface area (Å²) in [6, 6.07) is 24.9. The summed E-state index contributed by atoms with van der Waals surface area (Å²) in [4.78, 5) is 15.5. The number of carbonyl (C=O) groups excluding carboxylic acids is 1. The number of furan rings is 1. The quantitative estimate of drug-likeness (QED) is 0.363. The van der Waals surface area contributed by atoms with Crippen molar-refractivity contribution in [3.63, 3.8) is 0 Å². The number of amides is 1. The van der Waals surface area contributed by atoms with Gasteiger partial charge in [-0.3, -0.25) is 9.69 Å². The first kappa shape index (κ1) is 20.8. The minimum Gasteiger partial charge on any atom is -0.457 e. The van der Waals surface area contributed by atoms with E-state index < -0.39 is 0 Å². The Morgan fingerprint density at radius 2 is 1.66 bits per heavy atom. The van der Waals surface area contributed by atoms with Gasteiger partial charge in [0.15, 0.2) is 0 Å². The normalized spacial score (nSPS) is 15.5. The number of nitrogens with one attached hydrogen (secondary N) is 1. The molecule has 1 aliphatic heterocycles. The number of likely N-dealkylation sites (tertiary alicyclic amines) is 1. The number of anilines is 1. The highest BCUT2D eigenvalue weighted by Crippen LogP contribution is 2.41. The zero-order chi connectivity index (χ0) is 21.9. The number of fused-ring (bicyclic) bond motifs is 1. The van der Waals surface area contributed by atoms with Gasteiger partial charge in [-0.2, -0.15) is 0 Å². The molecular formula is C27H25ClN2O2. The second-order valence-electron chi connectivity index (χ2n) is 8.21. The van der Waals surface area contributed by atoms with E-state index >= 15 is 0 Å². The first-order chi connectivity index (χ1) is 15.7.